The second kappa shape index (κ2) is 11.3. The molecule has 5 nitrogen and oxygen atoms in total. The minimum Gasteiger partial charge on any atom is -0.479 e. The van der Waals surface area contributed by atoms with Crippen LogP contribution in [-0.2, 0) is 18.1 Å². The molecule has 6 heteroatoms. The second-order valence-electron chi connectivity index (χ2n) is 4.84. The highest BCUT2D eigenvalue weighted by molar-refractivity contribution is 6.60. The summed E-state index contributed by atoms with van der Waals surface area (Å²) in [5.41, 5.74) is 0. The summed E-state index contributed by atoms with van der Waals surface area (Å²) < 4.78 is 17.6. The Balaban J connectivity index is 4.94. The first-order valence-electron chi connectivity index (χ1n) is 7.73. The number of hydrogen-bond donors (Lipinski definition) is 1. The summed E-state index contributed by atoms with van der Waals surface area (Å²) in [4.78, 5) is 11.2. The van der Waals surface area contributed by atoms with Gasteiger partial charge >= 0.3 is 14.8 Å². The van der Waals surface area contributed by atoms with E-state index in [1.165, 1.54) is 0 Å². The average molecular weight is 306 g/mol. The quantitative estimate of drug-likeness (QED) is 0.528. The first-order valence-corrected chi connectivity index (χ1v) is 9.66. The van der Waals surface area contributed by atoms with Crippen LogP contribution in [-0.4, -0.2) is 39.2 Å². The normalized spacial score (nSPS) is 13.4. The zero-order valence-corrected chi connectivity index (χ0v) is 14.3. The maximum absolute atomic E-state index is 11.2. The first-order chi connectivity index (χ1) is 9.55. The number of aliphatic carboxylic acids is 1. The molecule has 0 aromatic carbocycles. The lowest BCUT2D eigenvalue weighted by Gasteiger charge is -2.32. The molecule has 1 N–H and O–H groups in total. The van der Waals surface area contributed by atoms with E-state index in [0.29, 0.717) is 25.7 Å². The highest BCUT2D eigenvalue weighted by Crippen LogP contribution is 2.23. The van der Waals surface area contributed by atoms with Crippen molar-refractivity contribution < 1.29 is 23.2 Å². The van der Waals surface area contributed by atoms with Crippen molar-refractivity contribution in [3.63, 3.8) is 0 Å². The minimum atomic E-state index is -2.89. The molecule has 0 amide bonds. The summed E-state index contributed by atoms with van der Waals surface area (Å²) in [6.07, 6.45) is 3.24. The Morgan fingerprint density at radius 1 is 1.05 bits per heavy atom. The van der Waals surface area contributed by atoms with Crippen LogP contribution in [0.25, 0.3) is 0 Å². The summed E-state index contributed by atoms with van der Waals surface area (Å²) in [5, 5.41) is 9.20. The zero-order valence-electron chi connectivity index (χ0n) is 13.3. The SMILES string of the molecule is CCCC[Si](OCCC)(OCCC)OC(CC)C(=O)O. The van der Waals surface area contributed by atoms with Gasteiger partial charge in [-0.25, -0.2) is 4.79 Å². The molecule has 0 aliphatic heterocycles. The smallest absolute Gasteiger partial charge is 0.479 e. The van der Waals surface area contributed by atoms with Crippen LogP contribution in [0.5, 0.6) is 0 Å². The van der Waals surface area contributed by atoms with E-state index in [1.807, 2.05) is 13.8 Å². The third kappa shape index (κ3) is 7.38. The van der Waals surface area contributed by atoms with Crippen molar-refractivity contribution in [2.24, 2.45) is 0 Å². The summed E-state index contributed by atoms with van der Waals surface area (Å²) in [6, 6.07) is 0.688. The summed E-state index contributed by atoms with van der Waals surface area (Å²) in [6.45, 7) is 9.04. The Morgan fingerprint density at radius 3 is 1.95 bits per heavy atom. The Kier molecular flexibility index (Phi) is 11.0. The summed E-state index contributed by atoms with van der Waals surface area (Å²) in [7, 11) is -2.89. The molecular formula is C14H30O5Si. The lowest BCUT2D eigenvalue weighted by Crippen LogP contribution is -2.50. The van der Waals surface area contributed by atoms with Crippen molar-refractivity contribution in [1.82, 2.24) is 0 Å². The Bertz CT molecular complexity index is 238. The van der Waals surface area contributed by atoms with Crippen LogP contribution in [0.3, 0.4) is 0 Å². The molecule has 0 radical (unpaired) electrons. The second-order valence-corrected chi connectivity index (χ2v) is 7.52. The fourth-order valence-electron chi connectivity index (χ4n) is 1.75. The lowest BCUT2D eigenvalue weighted by atomic mass is 10.3. The van der Waals surface area contributed by atoms with E-state index < -0.39 is 20.9 Å². The van der Waals surface area contributed by atoms with Crippen molar-refractivity contribution in [2.75, 3.05) is 13.2 Å². The summed E-state index contributed by atoms with van der Waals surface area (Å²) in [5.74, 6) is -0.943. The molecule has 0 rings (SSSR count). The molecule has 0 saturated carbocycles. The van der Waals surface area contributed by atoms with Crippen molar-refractivity contribution in [3.8, 4) is 0 Å². The van der Waals surface area contributed by atoms with Gasteiger partial charge in [-0.1, -0.05) is 34.1 Å². The van der Waals surface area contributed by atoms with Crippen LogP contribution in [0.2, 0.25) is 6.04 Å². The number of hydrogen-bond acceptors (Lipinski definition) is 4. The Morgan fingerprint density at radius 2 is 1.60 bits per heavy atom. The largest absolute Gasteiger partial charge is 0.501 e. The number of unbranched alkanes of at least 4 members (excludes halogenated alkanes) is 1. The van der Waals surface area contributed by atoms with Gasteiger partial charge in [0.2, 0.25) is 0 Å². The van der Waals surface area contributed by atoms with Gasteiger partial charge in [-0.15, -0.1) is 0 Å². The van der Waals surface area contributed by atoms with Gasteiger partial charge in [-0.05, 0) is 25.7 Å². The predicted octanol–water partition coefficient (Wildman–Crippen LogP) is 3.46. The molecule has 0 saturated heterocycles. The molecule has 0 aliphatic carbocycles. The highest BCUT2D eigenvalue weighted by Gasteiger charge is 2.43. The van der Waals surface area contributed by atoms with Gasteiger partial charge in [-0.3, -0.25) is 0 Å². The maximum atomic E-state index is 11.2. The van der Waals surface area contributed by atoms with E-state index in [0.717, 1.165) is 25.7 Å². The van der Waals surface area contributed by atoms with Gasteiger partial charge in [0, 0.05) is 19.3 Å². The third-order valence-electron chi connectivity index (χ3n) is 2.86. The van der Waals surface area contributed by atoms with Crippen LogP contribution in [0.4, 0.5) is 0 Å². The molecule has 0 fully saturated rings. The topological polar surface area (TPSA) is 65.0 Å². The van der Waals surface area contributed by atoms with Crippen molar-refractivity contribution in [2.45, 2.75) is 71.9 Å². The minimum absolute atomic E-state index is 0.418. The van der Waals surface area contributed by atoms with Crippen molar-refractivity contribution >= 4 is 14.8 Å². The van der Waals surface area contributed by atoms with Crippen LogP contribution >= 0.6 is 0 Å². The van der Waals surface area contributed by atoms with Gasteiger partial charge < -0.3 is 18.4 Å². The summed E-state index contributed by atoms with van der Waals surface area (Å²) >= 11 is 0. The standard InChI is InChI=1S/C14H30O5Si/c1-5-9-12-20(17-10-6-2,18-11-7-3)19-13(8-4)14(15)16/h13H,5-12H2,1-4H3,(H,15,16). The molecule has 0 heterocycles. The molecule has 120 valence electrons. The third-order valence-corrected chi connectivity index (χ3v) is 5.75. The Hall–Kier alpha value is -0.433. The number of rotatable bonds is 13. The van der Waals surface area contributed by atoms with Gasteiger partial charge in [-0.2, -0.15) is 0 Å². The lowest BCUT2D eigenvalue weighted by molar-refractivity contribution is -0.148. The van der Waals surface area contributed by atoms with E-state index >= 15 is 0 Å². The van der Waals surface area contributed by atoms with Crippen LogP contribution < -0.4 is 0 Å². The molecule has 0 bridgehead atoms. The number of carbonyl (C=O) groups is 1. The van der Waals surface area contributed by atoms with E-state index in [4.69, 9.17) is 13.3 Å². The van der Waals surface area contributed by atoms with E-state index in [1.54, 1.807) is 6.92 Å². The highest BCUT2D eigenvalue weighted by atomic mass is 28.4. The van der Waals surface area contributed by atoms with Gasteiger partial charge in [0.1, 0.15) is 6.10 Å². The van der Waals surface area contributed by atoms with Gasteiger partial charge in [0.25, 0.3) is 0 Å². The maximum Gasteiger partial charge on any atom is 0.501 e. The van der Waals surface area contributed by atoms with Crippen molar-refractivity contribution in [1.29, 1.82) is 0 Å². The molecule has 0 aliphatic rings. The Labute approximate surface area is 124 Å². The molecule has 0 spiro atoms. The van der Waals surface area contributed by atoms with E-state index in [2.05, 4.69) is 6.92 Å². The zero-order chi connectivity index (χ0) is 15.4. The monoisotopic (exact) mass is 306 g/mol. The molecule has 20 heavy (non-hydrogen) atoms. The number of carboxylic acid groups (broad SMARTS) is 1. The predicted molar refractivity (Wildman–Crippen MR) is 80.8 cm³/mol. The van der Waals surface area contributed by atoms with E-state index in [-0.39, 0.29) is 0 Å². The van der Waals surface area contributed by atoms with Gasteiger partial charge in [0.05, 0.1) is 0 Å². The van der Waals surface area contributed by atoms with Crippen LogP contribution in [0.15, 0.2) is 0 Å². The molecule has 1 atom stereocenters. The molecular weight excluding hydrogens is 276 g/mol. The van der Waals surface area contributed by atoms with Crippen LogP contribution in [0.1, 0.15) is 59.8 Å². The fourth-order valence-corrected chi connectivity index (χ4v) is 4.89. The van der Waals surface area contributed by atoms with Crippen LogP contribution in [0, 0.1) is 0 Å². The van der Waals surface area contributed by atoms with Crippen molar-refractivity contribution in [3.05, 3.63) is 0 Å². The van der Waals surface area contributed by atoms with E-state index in [9.17, 15) is 9.90 Å². The van der Waals surface area contributed by atoms with Gasteiger partial charge in [0.15, 0.2) is 0 Å². The average Bonchev–Trinajstić information content (AvgIpc) is 2.45. The molecule has 1 unspecified atom stereocenters. The first kappa shape index (κ1) is 19.6. The fraction of sp³-hybridized carbons (Fsp3) is 0.929. The molecule has 0 aromatic rings. The molecule has 0 aromatic heterocycles. The number of carboxylic acids is 1.